The summed E-state index contributed by atoms with van der Waals surface area (Å²) in [4.78, 5) is 37.3. The molecule has 2 atom stereocenters. The van der Waals surface area contributed by atoms with E-state index in [2.05, 4.69) is 0 Å². The van der Waals surface area contributed by atoms with E-state index in [1.165, 1.54) is 47.0 Å². The first-order chi connectivity index (χ1) is 14.6. The number of benzene rings is 2. The number of thioether (sulfide) groups is 1. The molecule has 0 N–H and O–H groups in total. The first-order valence-electron chi connectivity index (χ1n) is 9.16. The zero-order valence-corrected chi connectivity index (χ0v) is 17.0. The van der Waals surface area contributed by atoms with Gasteiger partial charge >= 0.3 is 12.1 Å². The van der Waals surface area contributed by atoms with E-state index in [0.29, 0.717) is 5.56 Å². The number of alkyl halides is 3. The predicted molar refractivity (Wildman–Crippen MR) is 106 cm³/mol. The largest absolute Gasteiger partial charge is 0.464 e. The molecule has 2 aromatic carbocycles. The van der Waals surface area contributed by atoms with Crippen LogP contribution in [0.4, 0.5) is 18.9 Å². The van der Waals surface area contributed by atoms with Gasteiger partial charge in [0, 0.05) is 23.4 Å². The summed E-state index contributed by atoms with van der Waals surface area (Å²) in [6, 6.07) is 8.38. The van der Waals surface area contributed by atoms with Crippen molar-refractivity contribution >= 4 is 29.3 Å². The molecule has 0 radical (unpaired) electrons. The topological polar surface area (TPSA) is 89.8 Å². The normalized spacial score (nSPS) is 18.6. The van der Waals surface area contributed by atoms with Gasteiger partial charge in [0.25, 0.3) is 11.6 Å². The zero-order valence-electron chi connectivity index (χ0n) is 16.2. The van der Waals surface area contributed by atoms with Crippen LogP contribution in [0.25, 0.3) is 0 Å². The molecule has 1 aliphatic rings. The molecule has 1 fully saturated rings. The van der Waals surface area contributed by atoms with Gasteiger partial charge in [-0.1, -0.05) is 18.2 Å². The van der Waals surface area contributed by atoms with Crippen molar-refractivity contribution in [1.29, 1.82) is 0 Å². The molecule has 0 aliphatic carbocycles. The van der Waals surface area contributed by atoms with E-state index in [1.54, 1.807) is 6.92 Å². The van der Waals surface area contributed by atoms with Gasteiger partial charge in [-0.15, -0.1) is 11.8 Å². The number of carbonyl (C=O) groups excluding carboxylic acids is 2. The lowest BCUT2D eigenvalue weighted by atomic mass is 10.1. The van der Waals surface area contributed by atoms with E-state index in [4.69, 9.17) is 4.74 Å². The number of ether oxygens (including phenoxy) is 1. The Kier molecular flexibility index (Phi) is 6.54. The highest BCUT2D eigenvalue weighted by molar-refractivity contribution is 7.99. The Morgan fingerprint density at radius 2 is 1.90 bits per heavy atom. The van der Waals surface area contributed by atoms with E-state index < -0.39 is 40.0 Å². The summed E-state index contributed by atoms with van der Waals surface area (Å²) < 4.78 is 43.7. The number of hydrogen-bond acceptors (Lipinski definition) is 6. The number of esters is 1. The molecule has 1 aliphatic heterocycles. The summed E-state index contributed by atoms with van der Waals surface area (Å²) in [5.41, 5.74) is -0.749. The van der Waals surface area contributed by atoms with Gasteiger partial charge in [-0.25, -0.2) is 4.79 Å². The summed E-state index contributed by atoms with van der Waals surface area (Å²) in [7, 11) is 0. The maximum Gasteiger partial charge on any atom is 0.416 e. The van der Waals surface area contributed by atoms with Crippen molar-refractivity contribution < 1.29 is 32.4 Å². The van der Waals surface area contributed by atoms with Gasteiger partial charge in [0.1, 0.15) is 11.4 Å². The van der Waals surface area contributed by atoms with Crippen LogP contribution < -0.4 is 0 Å². The van der Waals surface area contributed by atoms with Crippen molar-refractivity contribution in [2.45, 2.75) is 24.5 Å². The molecule has 1 amide bonds. The van der Waals surface area contributed by atoms with Gasteiger partial charge in [0.05, 0.1) is 17.1 Å². The predicted octanol–water partition coefficient (Wildman–Crippen LogP) is 4.43. The van der Waals surface area contributed by atoms with E-state index in [0.717, 1.165) is 18.2 Å². The smallest absolute Gasteiger partial charge is 0.416 e. The number of nitrogens with zero attached hydrogens (tertiary/aromatic N) is 2. The Hall–Kier alpha value is -3.08. The molecule has 0 bridgehead atoms. The SMILES string of the molecule is CCOC(=O)C1CSC(c2ccc(C(F)(F)F)cc2)N1C(=O)c1cccc([N+](=O)[O-])c1. The Bertz CT molecular complexity index is 997. The highest BCUT2D eigenvalue weighted by atomic mass is 32.2. The highest BCUT2D eigenvalue weighted by Gasteiger charge is 2.44. The number of carbonyl (C=O) groups is 2. The van der Waals surface area contributed by atoms with Crippen molar-refractivity contribution in [3.8, 4) is 0 Å². The molecule has 2 aromatic rings. The number of hydrogen-bond donors (Lipinski definition) is 0. The van der Waals surface area contributed by atoms with E-state index in [-0.39, 0.29) is 23.6 Å². The molecule has 1 saturated heterocycles. The first kappa shape index (κ1) is 22.6. The average molecular weight is 454 g/mol. The number of nitro benzene ring substituents is 1. The van der Waals surface area contributed by atoms with E-state index in [9.17, 15) is 32.9 Å². The molecule has 1 heterocycles. The standard InChI is InChI=1S/C20H17F3N2O5S/c1-2-30-19(27)16-11-31-18(12-6-8-14(9-7-12)20(21,22)23)24(16)17(26)13-4-3-5-15(10-13)25(28)29/h3-10,16,18H,2,11H2,1H3. The molecule has 2 unspecified atom stereocenters. The molecule has 7 nitrogen and oxygen atoms in total. The Morgan fingerprint density at radius 3 is 2.48 bits per heavy atom. The summed E-state index contributed by atoms with van der Waals surface area (Å²) in [6.07, 6.45) is -4.51. The van der Waals surface area contributed by atoms with Crippen LogP contribution in [0.2, 0.25) is 0 Å². The molecule has 31 heavy (non-hydrogen) atoms. The molecule has 3 rings (SSSR count). The minimum absolute atomic E-state index is 0.0112. The Labute approximate surface area is 179 Å². The molecular formula is C20H17F3N2O5S. The molecular weight excluding hydrogens is 437 g/mol. The quantitative estimate of drug-likeness (QED) is 0.377. The fourth-order valence-corrected chi connectivity index (χ4v) is 4.58. The molecule has 0 spiro atoms. The van der Waals surface area contributed by atoms with Gasteiger partial charge in [0.15, 0.2) is 0 Å². The maximum atomic E-state index is 13.3. The number of non-ortho nitro benzene ring substituents is 1. The third-order valence-electron chi connectivity index (χ3n) is 4.62. The highest BCUT2D eigenvalue weighted by Crippen LogP contribution is 2.43. The van der Waals surface area contributed by atoms with E-state index in [1.807, 2.05) is 0 Å². The van der Waals surface area contributed by atoms with Crippen molar-refractivity contribution in [3.63, 3.8) is 0 Å². The molecule has 11 heteroatoms. The third kappa shape index (κ3) is 4.82. The fraction of sp³-hybridized carbons (Fsp3) is 0.300. The molecule has 164 valence electrons. The Morgan fingerprint density at radius 1 is 1.23 bits per heavy atom. The van der Waals surface area contributed by atoms with Crippen LogP contribution >= 0.6 is 11.8 Å². The molecule has 0 aromatic heterocycles. The van der Waals surface area contributed by atoms with E-state index >= 15 is 0 Å². The summed E-state index contributed by atoms with van der Waals surface area (Å²) >= 11 is 1.20. The minimum Gasteiger partial charge on any atom is -0.464 e. The zero-order chi connectivity index (χ0) is 22.8. The van der Waals surface area contributed by atoms with Gasteiger partial charge in [-0.2, -0.15) is 13.2 Å². The Balaban J connectivity index is 1.99. The summed E-state index contributed by atoms with van der Waals surface area (Å²) in [6.45, 7) is 1.70. The van der Waals surface area contributed by atoms with Crippen LogP contribution in [0, 0.1) is 10.1 Å². The fourth-order valence-electron chi connectivity index (χ4n) is 3.17. The second-order valence-electron chi connectivity index (χ2n) is 6.59. The minimum atomic E-state index is -4.51. The lowest BCUT2D eigenvalue weighted by Gasteiger charge is -2.28. The van der Waals surface area contributed by atoms with Crippen LogP contribution in [0.1, 0.15) is 33.8 Å². The van der Waals surface area contributed by atoms with Gasteiger partial charge < -0.3 is 9.64 Å². The van der Waals surface area contributed by atoms with Gasteiger partial charge in [-0.05, 0) is 30.7 Å². The van der Waals surface area contributed by atoms with Gasteiger partial charge in [-0.3, -0.25) is 14.9 Å². The number of nitro groups is 1. The second kappa shape index (κ2) is 8.96. The second-order valence-corrected chi connectivity index (χ2v) is 7.71. The summed E-state index contributed by atoms with van der Waals surface area (Å²) in [5, 5.41) is 10.3. The number of halogens is 3. The lowest BCUT2D eigenvalue weighted by Crippen LogP contribution is -2.43. The van der Waals surface area contributed by atoms with Crippen LogP contribution in [0.3, 0.4) is 0 Å². The van der Waals surface area contributed by atoms with Crippen molar-refractivity contribution in [1.82, 2.24) is 4.90 Å². The molecule has 0 saturated carbocycles. The van der Waals surface area contributed by atoms with Crippen LogP contribution in [-0.2, 0) is 15.7 Å². The van der Waals surface area contributed by atoms with Gasteiger partial charge in [0.2, 0.25) is 0 Å². The van der Waals surface area contributed by atoms with Crippen LogP contribution in [-0.4, -0.2) is 40.1 Å². The van der Waals surface area contributed by atoms with Crippen LogP contribution in [0.5, 0.6) is 0 Å². The lowest BCUT2D eigenvalue weighted by molar-refractivity contribution is -0.384. The van der Waals surface area contributed by atoms with Crippen molar-refractivity contribution in [3.05, 3.63) is 75.3 Å². The van der Waals surface area contributed by atoms with Crippen molar-refractivity contribution in [2.24, 2.45) is 0 Å². The third-order valence-corrected chi connectivity index (χ3v) is 5.94. The number of amides is 1. The summed E-state index contributed by atoms with van der Waals surface area (Å²) in [5.74, 6) is -1.13. The monoisotopic (exact) mass is 454 g/mol. The van der Waals surface area contributed by atoms with Crippen molar-refractivity contribution in [2.75, 3.05) is 12.4 Å². The van der Waals surface area contributed by atoms with Crippen LogP contribution in [0.15, 0.2) is 48.5 Å². The average Bonchev–Trinajstić information content (AvgIpc) is 3.18. The maximum absolute atomic E-state index is 13.3. The first-order valence-corrected chi connectivity index (χ1v) is 10.2. The number of rotatable bonds is 5.